The molecule has 0 amide bonds. The molecule has 4 aromatic rings. The summed E-state index contributed by atoms with van der Waals surface area (Å²) in [6, 6.07) is 41.1. The second-order valence-electron chi connectivity index (χ2n) is 8.52. The van der Waals surface area contributed by atoms with Crippen molar-refractivity contribution in [2.24, 2.45) is 0 Å². The third kappa shape index (κ3) is 6.35. The van der Waals surface area contributed by atoms with E-state index in [9.17, 15) is 10.2 Å². The minimum Gasteiger partial charge on any atom is -0.389 e. The molecule has 0 spiro atoms. The van der Waals surface area contributed by atoms with Crippen molar-refractivity contribution in [3.63, 3.8) is 0 Å². The quantitative estimate of drug-likeness (QED) is 0.303. The van der Waals surface area contributed by atoms with E-state index in [4.69, 9.17) is 0 Å². The maximum absolute atomic E-state index is 11.7. The molecule has 0 aliphatic carbocycles. The maximum Gasteiger partial charge on any atom is 0.106 e. The van der Waals surface area contributed by atoms with E-state index in [0.717, 1.165) is 32.1 Å². The van der Waals surface area contributed by atoms with Crippen LogP contribution in [0.25, 0.3) is 0 Å². The van der Waals surface area contributed by atoms with Crippen LogP contribution in [-0.2, 0) is 0 Å². The fourth-order valence-corrected chi connectivity index (χ4v) is 8.88. The molecule has 2 N–H and O–H groups in total. The Bertz CT molecular complexity index is 1130. The Hall–Kier alpha value is -2.60. The Morgan fingerprint density at radius 3 is 1.26 bits per heavy atom. The molecule has 2 atom stereocenters. The third-order valence-corrected chi connectivity index (χ3v) is 10.9. The highest BCUT2D eigenvalue weighted by atomic mass is 31.1. The molecule has 35 heavy (non-hydrogen) atoms. The minimum absolute atomic E-state index is 0.900. The van der Waals surface area contributed by atoms with Crippen molar-refractivity contribution in [1.29, 1.82) is 0 Å². The zero-order valence-electron chi connectivity index (χ0n) is 20.1. The normalized spacial score (nSPS) is 13.0. The molecule has 1 radical (unpaired) electrons. The van der Waals surface area contributed by atoms with E-state index in [0.29, 0.717) is 0 Å². The van der Waals surface area contributed by atoms with Gasteiger partial charge in [-0.3, -0.25) is 0 Å². The summed E-state index contributed by atoms with van der Waals surface area (Å²) >= 11 is 0. The first-order valence-electron chi connectivity index (χ1n) is 11.7. The van der Waals surface area contributed by atoms with Crippen LogP contribution in [0.5, 0.6) is 0 Å². The molecule has 0 fully saturated rings. The van der Waals surface area contributed by atoms with Crippen LogP contribution in [-0.4, -0.2) is 22.4 Å². The second kappa shape index (κ2) is 12.4. The van der Waals surface area contributed by atoms with Crippen LogP contribution in [0.3, 0.4) is 0 Å². The average Bonchev–Trinajstić information content (AvgIpc) is 2.91. The number of aliphatic hydroxyl groups is 2. The van der Waals surface area contributed by atoms with Gasteiger partial charge in [-0.1, -0.05) is 127 Å². The fraction of sp³-hybridized carbons (Fsp3) is 0.129. The third-order valence-electron chi connectivity index (χ3n) is 5.76. The molecule has 2 nitrogen and oxygen atoms in total. The van der Waals surface area contributed by atoms with Gasteiger partial charge >= 0.3 is 0 Å². The molecule has 4 aromatic carbocycles. The van der Waals surface area contributed by atoms with Crippen LogP contribution < -0.4 is 21.2 Å². The highest BCUT2D eigenvalue weighted by molar-refractivity contribution is 7.77. The number of benzene rings is 4. The van der Waals surface area contributed by atoms with Crippen molar-refractivity contribution in [3.05, 3.63) is 138 Å². The monoisotopic (exact) mass is 497 g/mol. The van der Waals surface area contributed by atoms with Gasteiger partial charge in [0.05, 0.1) is 6.10 Å². The van der Waals surface area contributed by atoms with E-state index in [1.165, 1.54) is 0 Å². The van der Waals surface area contributed by atoms with Crippen molar-refractivity contribution in [2.45, 2.75) is 26.1 Å². The lowest BCUT2D eigenvalue weighted by atomic mass is 10.1. The van der Waals surface area contributed by atoms with E-state index >= 15 is 0 Å². The van der Waals surface area contributed by atoms with Gasteiger partial charge in [0.15, 0.2) is 0 Å². The van der Waals surface area contributed by atoms with E-state index in [2.05, 4.69) is 48.5 Å². The molecule has 0 aromatic heterocycles. The summed E-state index contributed by atoms with van der Waals surface area (Å²) in [5.41, 5.74) is 1.03. The van der Waals surface area contributed by atoms with E-state index in [1.807, 2.05) is 92.8 Å². The first-order valence-corrected chi connectivity index (χ1v) is 14.5. The summed E-state index contributed by atoms with van der Waals surface area (Å²) in [6.45, 7) is 4.06. The van der Waals surface area contributed by atoms with Crippen LogP contribution >= 0.6 is 15.8 Å². The van der Waals surface area contributed by atoms with Gasteiger partial charge in [-0.25, -0.2) is 0 Å². The fourth-order valence-electron chi connectivity index (χ4n) is 4.13. The van der Waals surface area contributed by atoms with Gasteiger partial charge in [-0.2, -0.15) is 0 Å². The predicted octanol–water partition coefficient (Wildman–Crippen LogP) is 5.43. The number of allylic oxidation sites excluding steroid dienone is 1. The lowest BCUT2D eigenvalue weighted by Gasteiger charge is -2.31. The van der Waals surface area contributed by atoms with E-state index in [-0.39, 0.29) is 0 Å². The number of aliphatic hydroxyl groups excluding tert-OH is 2. The molecule has 0 bridgehead atoms. The van der Waals surface area contributed by atoms with Crippen molar-refractivity contribution in [3.8, 4) is 0 Å². The number of rotatable bonds is 9. The molecule has 2 unspecified atom stereocenters. The lowest BCUT2D eigenvalue weighted by molar-refractivity contribution is 0.0729. The highest BCUT2D eigenvalue weighted by Gasteiger charge is 2.32. The van der Waals surface area contributed by atoms with Gasteiger partial charge in [-0.15, -0.1) is 0 Å². The molecular formula is C31H31O2P2. The Morgan fingerprint density at radius 2 is 0.914 bits per heavy atom. The predicted molar refractivity (Wildman–Crippen MR) is 153 cm³/mol. The molecule has 4 rings (SSSR count). The van der Waals surface area contributed by atoms with E-state index in [1.54, 1.807) is 0 Å². The SMILES string of the molecule is CC(C)=C(C(O)C(O)[CH]P(c1ccccc1)c1ccccc1)P(c1ccccc1)c1ccccc1. The van der Waals surface area contributed by atoms with Crippen LogP contribution in [0.15, 0.2) is 132 Å². The zero-order chi connectivity index (χ0) is 24.6. The van der Waals surface area contributed by atoms with E-state index < -0.39 is 28.1 Å². The topological polar surface area (TPSA) is 40.5 Å². The highest BCUT2D eigenvalue weighted by Crippen LogP contribution is 2.48. The van der Waals surface area contributed by atoms with Gasteiger partial charge in [0.2, 0.25) is 0 Å². The molecule has 0 heterocycles. The standard InChI is InChI=1S/C31H31O2P2/c1-24(2)31(35(27-19-11-5-12-20-27)28-21-13-6-14-22-28)30(33)29(32)23-34(25-15-7-3-8-16-25)26-17-9-4-10-18-26/h3-23,29-30,32-33H,1-2H3. The van der Waals surface area contributed by atoms with Crippen molar-refractivity contribution in [2.75, 3.05) is 0 Å². The van der Waals surface area contributed by atoms with Gasteiger partial charge in [0.25, 0.3) is 0 Å². The molecule has 0 aliphatic rings. The molecule has 177 valence electrons. The van der Waals surface area contributed by atoms with Crippen LogP contribution in [0.1, 0.15) is 13.8 Å². The van der Waals surface area contributed by atoms with Gasteiger partial charge < -0.3 is 10.2 Å². The summed E-state index contributed by atoms with van der Waals surface area (Å²) in [7, 11) is -1.95. The van der Waals surface area contributed by atoms with Crippen molar-refractivity contribution < 1.29 is 10.2 Å². The molecule has 0 saturated heterocycles. The summed E-state index contributed by atoms with van der Waals surface area (Å²) < 4.78 is 0. The Kier molecular flexibility index (Phi) is 9.02. The Labute approximate surface area is 211 Å². The molecule has 0 saturated carbocycles. The number of hydrogen-bond donors (Lipinski definition) is 2. The summed E-state index contributed by atoms with van der Waals surface area (Å²) in [5.74, 6) is 0. The zero-order valence-corrected chi connectivity index (χ0v) is 21.9. The van der Waals surface area contributed by atoms with Gasteiger partial charge in [0.1, 0.15) is 6.10 Å². The van der Waals surface area contributed by atoms with Crippen LogP contribution in [0, 0.1) is 6.16 Å². The summed E-state index contributed by atoms with van der Waals surface area (Å²) in [4.78, 5) is 0. The van der Waals surface area contributed by atoms with Crippen LogP contribution in [0.4, 0.5) is 0 Å². The van der Waals surface area contributed by atoms with Gasteiger partial charge in [-0.05, 0) is 56.2 Å². The van der Waals surface area contributed by atoms with Crippen molar-refractivity contribution >= 4 is 37.1 Å². The van der Waals surface area contributed by atoms with Gasteiger partial charge in [0, 0.05) is 6.16 Å². The molecule has 0 aliphatic heterocycles. The smallest absolute Gasteiger partial charge is 0.106 e. The molecule has 4 heteroatoms. The summed E-state index contributed by atoms with van der Waals surface area (Å²) in [5, 5.41) is 28.6. The Morgan fingerprint density at radius 1 is 0.571 bits per heavy atom. The number of hydrogen-bond acceptors (Lipinski definition) is 2. The second-order valence-corrected chi connectivity index (χ2v) is 12.8. The lowest BCUT2D eigenvalue weighted by Crippen LogP contribution is -2.32. The first-order chi connectivity index (χ1) is 17.1. The average molecular weight is 498 g/mol. The maximum atomic E-state index is 11.7. The van der Waals surface area contributed by atoms with Crippen molar-refractivity contribution in [1.82, 2.24) is 0 Å². The van der Waals surface area contributed by atoms with Crippen LogP contribution in [0.2, 0.25) is 0 Å². The first kappa shape index (κ1) is 25.5. The molecular weight excluding hydrogens is 466 g/mol. The summed E-state index contributed by atoms with van der Waals surface area (Å²) in [6.07, 6.45) is -0.0790. The minimum atomic E-state index is -1.01. The Balaban J connectivity index is 1.70. The largest absolute Gasteiger partial charge is 0.389 e.